The van der Waals surface area contributed by atoms with Crippen molar-refractivity contribution in [2.75, 3.05) is 13.1 Å². The van der Waals surface area contributed by atoms with Crippen molar-refractivity contribution in [3.8, 4) is 0 Å². The molecule has 1 saturated heterocycles. The summed E-state index contributed by atoms with van der Waals surface area (Å²) in [4.78, 5) is 11.9. The summed E-state index contributed by atoms with van der Waals surface area (Å²) in [5, 5.41) is 15.1. The molecule has 0 aromatic carbocycles. The third-order valence-corrected chi connectivity index (χ3v) is 3.43. The molecule has 0 bridgehead atoms. The molecule has 1 saturated carbocycles. The summed E-state index contributed by atoms with van der Waals surface area (Å²) in [6.07, 6.45) is -5.65. The molecule has 3 rings (SSSR count). The minimum absolute atomic E-state index is 0.00244. The topological polar surface area (TPSA) is 79.5 Å². The molecule has 2 fully saturated rings. The molecule has 1 aromatic rings. The van der Waals surface area contributed by atoms with Gasteiger partial charge in [0.15, 0.2) is 0 Å². The zero-order valence-corrected chi connectivity index (χ0v) is 8.89. The molecule has 0 unspecified atom stereocenters. The molecule has 3 atom stereocenters. The Bertz CT molecular complexity index is 489. The molecule has 1 aromatic heterocycles. The number of hydrogen-bond acceptors (Lipinski definition) is 4. The van der Waals surface area contributed by atoms with Crippen LogP contribution in [0.1, 0.15) is 17.7 Å². The van der Waals surface area contributed by atoms with Gasteiger partial charge in [-0.2, -0.15) is 13.2 Å². The summed E-state index contributed by atoms with van der Waals surface area (Å²) in [6.45, 7) is 0.628. The molecule has 1 amide bonds. The number of amides is 1. The van der Waals surface area contributed by atoms with Gasteiger partial charge in [-0.3, -0.25) is 0 Å². The van der Waals surface area contributed by atoms with Gasteiger partial charge in [0.2, 0.25) is 5.89 Å². The normalized spacial score (nSPS) is 30.4. The number of aromatic nitrogens is 2. The van der Waals surface area contributed by atoms with E-state index in [1.807, 2.05) is 0 Å². The Morgan fingerprint density at radius 3 is 2.39 bits per heavy atom. The minimum atomic E-state index is -4.64. The molecule has 0 radical (unpaired) electrons. The van der Waals surface area contributed by atoms with Gasteiger partial charge in [0.05, 0.1) is 0 Å². The largest absolute Gasteiger partial charge is 0.470 e. The number of rotatable bonds is 1. The molecule has 0 spiro atoms. The highest BCUT2D eigenvalue weighted by atomic mass is 19.4. The van der Waals surface area contributed by atoms with E-state index in [1.54, 1.807) is 0 Å². The van der Waals surface area contributed by atoms with Gasteiger partial charge < -0.3 is 14.4 Å². The monoisotopic (exact) mass is 263 g/mol. The maximum atomic E-state index is 12.3. The Labute approximate surface area is 98.4 Å². The smallest absolute Gasteiger partial charge is 0.465 e. The first kappa shape index (κ1) is 11.3. The minimum Gasteiger partial charge on any atom is -0.465 e. The van der Waals surface area contributed by atoms with Gasteiger partial charge in [-0.1, -0.05) is 0 Å². The maximum absolute atomic E-state index is 12.3. The predicted molar refractivity (Wildman–Crippen MR) is 48.6 cm³/mol. The Hall–Kier alpha value is -1.80. The Balaban J connectivity index is 1.70. The van der Waals surface area contributed by atoms with Gasteiger partial charge in [-0.25, -0.2) is 4.79 Å². The number of alkyl halides is 3. The number of piperidine rings is 1. The van der Waals surface area contributed by atoms with Gasteiger partial charge in [0, 0.05) is 19.0 Å². The molecule has 9 heteroatoms. The van der Waals surface area contributed by atoms with Crippen LogP contribution < -0.4 is 0 Å². The van der Waals surface area contributed by atoms with Gasteiger partial charge in [-0.05, 0) is 11.8 Å². The van der Waals surface area contributed by atoms with Crippen molar-refractivity contribution in [2.24, 2.45) is 11.8 Å². The fourth-order valence-corrected chi connectivity index (χ4v) is 2.53. The van der Waals surface area contributed by atoms with E-state index in [1.165, 1.54) is 4.90 Å². The molecule has 18 heavy (non-hydrogen) atoms. The lowest BCUT2D eigenvalue weighted by molar-refractivity contribution is -0.157. The second-order valence-corrected chi connectivity index (χ2v) is 4.48. The van der Waals surface area contributed by atoms with Crippen molar-refractivity contribution in [1.82, 2.24) is 15.1 Å². The van der Waals surface area contributed by atoms with E-state index in [9.17, 15) is 18.0 Å². The SMILES string of the molecule is O=C(O)N1C[C@@H]2[C@H](C1)[C@H]2c1nnc(C(F)(F)F)o1. The van der Waals surface area contributed by atoms with Crippen molar-refractivity contribution in [1.29, 1.82) is 0 Å². The van der Waals surface area contributed by atoms with Crippen molar-refractivity contribution in [2.45, 2.75) is 12.1 Å². The second kappa shape index (κ2) is 3.36. The Morgan fingerprint density at radius 1 is 1.33 bits per heavy atom. The van der Waals surface area contributed by atoms with Crippen LogP contribution in [0.2, 0.25) is 0 Å². The Kier molecular flexibility index (Phi) is 2.11. The van der Waals surface area contributed by atoms with Crippen LogP contribution in [-0.4, -0.2) is 39.4 Å². The summed E-state index contributed by atoms with van der Waals surface area (Å²) in [5.74, 6) is -1.62. The van der Waals surface area contributed by atoms with Crippen molar-refractivity contribution < 1.29 is 27.5 Å². The van der Waals surface area contributed by atoms with E-state index in [0.717, 1.165) is 0 Å². The molecular formula is C9H8F3N3O3. The van der Waals surface area contributed by atoms with Crippen LogP contribution in [0.15, 0.2) is 4.42 Å². The lowest BCUT2D eigenvalue weighted by Crippen LogP contribution is -2.29. The van der Waals surface area contributed by atoms with E-state index in [-0.39, 0.29) is 23.6 Å². The zero-order chi connectivity index (χ0) is 13.1. The van der Waals surface area contributed by atoms with Crippen LogP contribution >= 0.6 is 0 Å². The van der Waals surface area contributed by atoms with Crippen LogP contribution in [0.4, 0.5) is 18.0 Å². The summed E-state index contributed by atoms with van der Waals surface area (Å²) < 4.78 is 41.4. The number of carboxylic acid groups (broad SMARTS) is 1. The van der Waals surface area contributed by atoms with E-state index < -0.39 is 18.2 Å². The predicted octanol–water partition coefficient (Wildman–Crippen LogP) is 1.41. The first-order valence-electron chi connectivity index (χ1n) is 5.26. The van der Waals surface area contributed by atoms with Crippen LogP contribution in [-0.2, 0) is 6.18 Å². The number of likely N-dealkylation sites (tertiary alicyclic amines) is 1. The van der Waals surface area contributed by atoms with E-state index in [0.29, 0.717) is 13.1 Å². The Morgan fingerprint density at radius 2 is 1.94 bits per heavy atom. The van der Waals surface area contributed by atoms with Crippen LogP contribution in [0.3, 0.4) is 0 Å². The molecular weight excluding hydrogens is 255 g/mol. The molecule has 98 valence electrons. The van der Waals surface area contributed by atoms with Crippen molar-refractivity contribution in [3.63, 3.8) is 0 Å². The fourth-order valence-electron chi connectivity index (χ4n) is 2.53. The average Bonchev–Trinajstić information content (AvgIpc) is 2.75. The lowest BCUT2D eigenvalue weighted by Gasteiger charge is -2.14. The molecule has 1 N–H and O–H groups in total. The number of nitrogens with zero attached hydrogens (tertiary/aromatic N) is 3. The van der Waals surface area contributed by atoms with Gasteiger partial charge >= 0.3 is 18.2 Å². The highest BCUT2D eigenvalue weighted by Gasteiger charge is 2.60. The summed E-state index contributed by atoms with van der Waals surface area (Å²) in [7, 11) is 0. The third-order valence-electron chi connectivity index (χ3n) is 3.43. The molecule has 2 heterocycles. The van der Waals surface area contributed by atoms with Gasteiger partial charge in [0.25, 0.3) is 0 Å². The maximum Gasteiger partial charge on any atom is 0.470 e. The summed E-state index contributed by atoms with van der Waals surface area (Å²) in [6, 6.07) is 0. The number of fused-ring (bicyclic) bond motifs is 1. The van der Waals surface area contributed by atoms with E-state index >= 15 is 0 Å². The van der Waals surface area contributed by atoms with Crippen molar-refractivity contribution in [3.05, 3.63) is 11.8 Å². The van der Waals surface area contributed by atoms with Crippen LogP contribution in [0, 0.1) is 11.8 Å². The van der Waals surface area contributed by atoms with Crippen LogP contribution in [0.25, 0.3) is 0 Å². The highest BCUT2D eigenvalue weighted by molar-refractivity contribution is 5.66. The standard InChI is InChI=1S/C9H8F3N3O3/c10-9(11,12)7-14-13-6(18-7)5-3-1-15(8(16)17)2-4(3)5/h3-5H,1-2H2,(H,16,17)/t3-,4+,5+. The van der Waals surface area contributed by atoms with E-state index in [4.69, 9.17) is 5.11 Å². The first-order chi connectivity index (χ1) is 8.38. The molecule has 2 aliphatic rings. The van der Waals surface area contributed by atoms with Crippen LogP contribution in [0.5, 0.6) is 0 Å². The van der Waals surface area contributed by atoms with Crippen molar-refractivity contribution >= 4 is 6.09 Å². The molecule has 1 aliphatic carbocycles. The second-order valence-electron chi connectivity index (χ2n) is 4.48. The third kappa shape index (κ3) is 1.61. The molecule has 6 nitrogen and oxygen atoms in total. The lowest BCUT2D eigenvalue weighted by atomic mass is 10.3. The van der Waals surface area contributed by atoms with Gasteiger partial charge in [0.1, 0.15) is 0 Å². The van der Waals surface area contributed by atoms with E-state index in [2.05, 4.69) is 14.6 Å². The fraction of sp³-hybridized carbons (Fsp3) is 0.667. The zero-order valence-electron chi connectivity index (χ0n) is 8.89. The highest BCUT2D eigenvalue weighted by Crippen LogP contribution is 2.57. The summed E-state index contributed by atoms with van der Waals surface area (Å²) in [5.41, 5.74) is 0. The number of hydrogen-bond donors (Lipinski definition) is 1. The quantitative estimate of drug-likeness (QED) is 0.828. The summed E-state index contributed by atoms with van der Waals surface area (Å²) >= 11 is 0. The van der Waals surface area contributed by atoms with Gasteiger partial charge in [-0.15, -0.1) is 10.2 Å². The number of carbonyl (C=O) groups is 1. The first-order valence-corrected chi connectivity index (χ1v) is 5.26. The average molecular weight is 263 g/mol. The molecule has 1 aliphatic heterocycles. The number of halogens is 3.